The van der Waals surface area contributed by atoms with Gasteiger partial charge in [0.05, 0.1) is 0 Å². The molecule has 6 nitrogen and oxygen atoms in total. The maximum Gasteiger partial charge on any atom is 0.267 e. The monoisotopic (exact) mass is 332 g/mol. The van der Waals surface area contributed by atoms with Gasteiger partial charge >= 0.3 is 0 Å². The van der Waals surface area contributed by atoms with Crippen LogP contribution in [0.4, 0.5) is 0 Å². The van der Waals surface area contributed by atoms with Crippen LogP contribution in [-0.2, 0) is 9.59 Å². The van der Waals surface area contributed by atoms with Crippen molar-refractivity contribution in [1.82, 2.24) is 10.2 Å². The lowest BCUT2D eigenvalue weighted by Gasteiger charge is -2.35. The number of para-hydroxylation sites is 2. The largest absolute Gasteiger partial charge is 0.485 e. The summed E-state index contributed by atoms with van der Waals surface area (Å²) in [6.07, 6.45) is 1.73. The number of carbonyl (C=O) groups excluding carboxylic acids is 2. The van der Waals surface area contributed by atoms with Crippen LogP contribution in [0.3, 0.4) is 0 Å². The topological polar surface area (TPSA) is 67.9 Å². The van der Waals surface area contributed by atoms with Crippen LogP contribution in [0, 0.1) is 5.92 Å². The average molecular weight is 332 g/mol. The molecule has 0 bridgehead atoms. The number of hydrogen-bond donors (Lipinski definition) is 1. The Labute approximate surface area is 142 Å². The SMILES string of the molecule is CCCNC(=O)C1CCN(C(=O)C2COc3ccccc3O2)CC1. The van der Waals surface area contributed by atoms with Crippen LogP contribution in [0.2, 0.25) is 0 Å². The summed E-state index contributed by atoms with van der Waals surface area (Å²) in [6, 6.07) is 7.36. The Morgan fingerprint density at radius 2 is 1.92 bits per heavy atom. The molecule has 0 radical (unpaired) electrons. The molecule has 0 saturated carbocycles. The van der Waals surface area contributed by atoms with Crippen LogP contribution >= 0.6 is 0 Å². The first kappa shape index (κ1) is 16.6. The lowest BCUT2D eigenvalue weighted by molar-refractivity contribution is -0.144. The predicted octanol–water partition coefficient (Wildman–Crippen LogP) is 1.59. The zero-order valence-electron chi connectivity index (χ0n) is 14.0. The smallest absolute Gasteiger partial charge is 0.267 e. The first-order chi connectivity index (χ1) is 11.7. The van der Waals surface area contributed by atoms with Gasteiger partial charge in [0.25, 0.3) is 5.91 Å². The summed E-state index contributed by atoms with van der Waals surface area (Å²) in [6.45, 7) is 4.15. The van der Waals surface area contributed by atoms with Gasteiger partial charge < -0.3 is 19.7 Å². The van der Waals surface area contributed by atoms with Crippen LogP contribution in [0.1, 0.15) is 26.2 Å². The number of amides is 2. The number of piperidine rings is 1. The zero-order valence-corrected chi connectivity index (χ0v) is 14.0. The Morgan fingerprint density at radius 1 is 1.21 bits per heavy atom. The zero-order chi connectivity index (χ0) is 16.9. The van der Waals surface area contributed by atoms with Crippen molar-refractivity contribution in [3.63, 3.8) is 0 Å². The molecule has 1 aromatic rings. The summed E-state index contributed by atoms with van der Waals surface area (Å²) in [5.74, 6) is 1.33. The first-order valence-electron chi connectivity index (χ1n) is 8.64. The van der Waals surface area contributed by atoms with Crippen LogP contribution in [0.15, 0.2) is 24.3 Å². The van der Waals surface area contributed by atoms with E-state index in [1.807, 2.05) is 25.1 Å². The minimum atomic E-state index is -0.606. The summed E-state index contributed by atoms with van der Waals surface area (Å²) < 4.78 is 11.4. The van der Waals surface area contributed by atoms with Gasteiger partial charge in [-0.3, -0.25) is 9.59 Å². The number of benzene rings is 1. The number of fused-ring (bicyclic) bond motifs is 1. The molecule has 1 fully saturated rings. The second-order valence-electron chi connectivity index (χ2n) is 6.25. The summed E-state index contributed by atoms with van der Waals surface area (Å²) in [4.78, 5) is 26.4. The van der Waals surface area contributed by atoms with Crippen LogP contribution < -0.4 is 14.8 Å². The molecular formula is C18H24N2O4. The molecule has 2 heterocycles. The molecule has 1 N–H and O–H groups in total. The number of carbonyl (C=O) groups is 2. The van der Waals surface area contributed by atoms with E-state index in [4.69, 9.17) is 9.47 Å². The minimum Gasteiger partial charge on any atom is -0.485 e. The van der Waals surface area contributed by atoms with Gasteiger partial charge in [0.15, 0.2) is 11.5 Å². The predicted molar refractivity (Wildman–Crippen MR) is 89.0 cm³/mol. The van der Waals surface area contributed by atoms with E-state index >= 15 is 0 Å². The van der Waals surface area contributed by atoms with Gasteiger partial charge in [0.2, 0.25) is 12.0 Å². The van der Waals surface area contributed by atoms with Crippen molar-refractivity contribution in [1.29, 1.82) is 0 Å². The molecule has 1 atom stereocenters. The minimum absolute atomic E-state index is 0.00449. The Balaban J connectivity index is 1.52. The summed E-state index contributed by atoms with van der Waals surface area (Å²) in [5, 5.41) is 2.93. The number of likely N-dealkylation sites (tertiary alicyclic amines) is 1. The molecule has 6 heteroatoms. The third-order valence-electron chi connectivity index (χ3n) is 4.51. The van der Waals surface area contributed by atoms with Crippen molar-refractivity contribution < 1.29 is 19.1 Å². The van der Waals surface area contributed by atoms with Crippen molar-refractivity contribution >= 4 is 11.8 Å². The van der Waals surface area contributed by atoms with Gasteiger partial charge in [-0.2, -0.15) is 0 Å². The average Bonchev–Trinajstić information content (AvgIpc) is 2.65. The van der Waals surface area contributed by atoms with Gasteiger partial charge in [-0.25, -0.2) is 0 Å². The van der Waals surface area contributed by atoms with Crippen LogP contribution in [0.25, 0.3) is 0 Å². The molecule has 1 saturated heterocycles. The molecule has 2 amide bonds. The molecule has 0 aliphatic carbocycles. The van der Waals surface area contributed by atoms with E-state index in [-0.39, 0.29) is 24.3 Å². The molecule has 130 valence electrons. The van der Waals surface area contributed by atoms with E-state index in [0.717, 1.165) is 6.42 Å². The summed E-state index contributed by atoms with van der Waals surface area (Å²) >= 11 is 0. The lowest BCUT2D eigenvalue weighted by Crippen LogP contribution is -2.50. The van der Waals surface area contributed by atoms with Gasteiger partial charge in [-0.15, -0.1) is 0 Å². The van der Waals surface area contributed by atoms with Crippen LogP contribution in [-0.4, -0.2) is 49.1 Å². The number of ether oxygens (including phenoxy) is 2. The van der Waals surface area contributed by atoms with E-state index in [1.54, 1.807) is 11.0 Å². The first-order valence-corrected chi connectivity index (χ1v) is 8.64. The van der Waals surface area contributed by atoms with E-state index in [1.165, 1.54) is 0 Å². The fourth-order valence-corrected chi connectivity index (χ4v) is 3.10. The fraction of sp³-hybridized carbons (Fsp3) is 0.556. The quantitative estimate of drug-likeness (QED) is 0.909. The van der Waals surface area contributed by atoms with Gasteiger partial charge in [-0.1, -0.05) is 19.1 Å². The third kappa shape index (κ3) is 3.63. The second kappa shape index (κ2) is 7.55. The Bertz CT molecular complexity index is 596. The second-order valence-corrected chi connectivity index (χ2v) is 6.25. The fourth-order valence-electron chi connectivity index (χ4n) is 3.10. The maximum atomic E-state index is 12.6. The van der Waals surface area contributed by atoms with Gasteiger partial charge in [0.1, 0.15) is 6.61 Å². The standard InChI is InChI=1S/C18H24N2O4/c1-2-9-19-17(21)13-7-10-20(11-8-13)18(22)16-12-23-14-5-3-4-6-15(14)24-16/h3-6,13,16H,2,7-12H2,1H3,(H,19,21). The highest BCUT2D eigenvalue weighted by atomic mass is 16.6. The van der Waals surface area contributed by atoms with Gasteiger partial charge in [-0.05, 0) is 31.4 Å². The van der Waals surface area contributed by atoms with Gasteiger partial charge in [0, 0.05) is 25.6 Å². The Hall–Kier alpha value is -2.24. The highest BCUT2D eigenvalue weighted by Crippen LogP contribution is 2.31. The van der Waals surface area contributed by atoms with E-state index in [0.29, 0.717) is 44.0 Å². The van der Waals surface area contributed by atoms with Crippen molar-refractivity contribution in [3.05, 3.63) is 24.3 Å². The highest BCUT2D eigenvalue weighted by molar-refractivity contribution is 5.83. The molecular weight excluding hydrogens is 308 g/mol. The van der Waals surface area contributed by atoms with Crippen molar-refractivity contribution in [2.45, 2.75) is 32.3 Å². The number of hydrogen-bond acceptors (Lipinski definition) is 4. The van der Waals surface area contributed by atoms with Crippen molar-refractivity contribution in [3.8, 4) is 11.5 Å². The Morgan fingerprint density at radius 3 is 2.62 bits per heavy atom. The third-order valence-corrected chi connectivity index (χ3v) is 4.51. The summed E-state index contributed by atoms with van der Waals surface area (Å²) in [5.41, 5.74) is 0. The molecule has 0 spiro atoms. The molecule has 3 rings (SSSR count). The van der Waals surface area contributed by atoms with E-state index in [9.17, 15) is 9.59 Å². The van der Waals surface area contributed by atoms with E-state index in [2.05, 4.69) is 5.32 Å². The molecule has 2 aliphatic rings. The molecule has 0 aromatic heterocycles. The molecule has 1 unspecified atom stereocenters. The van der Waals surface area contributed by atoms with Crippen molar-refractivity contribution in [2.24, 2.45) is 5.92 Å². The van der Waals surface area contributed by atoms with E-state index < -0.39 is 6.10 Å². The van der Waals surface area contributed by atoms with Crippen molar-refractivity contribution in [2.75, 3.05) is 26.2 Å². The maximum absolute atomic E-state index is 12.6. The highest BCUT2D eigenvalue weighted by Gasteiger charge is 2.34. The number of nitrogens with zero attached hydrogens (tertiary/aromatic N) is 1. The molecule has 2 aliphatic heterocycles. The summed E-state index contributed by atoms with van der Waals surface area (Å²) in [7, 11) is 0. The number of rotatable bonds is 4. The normalized spacial score (nSPS) is 20.5. The number of nitrogens with one attached hydrogen (secondary N) is 1. The molecule has 1 aromatic carbocycles. The Kier molecular flexibility index (Phi) is 5.23. The lowest BCUT2D eigenvalue weighted by atomic mass is 9.95. The molecule has 24 heavy (non-hydrogen) atoms. The van der Waals surface area contributed by atoms with Crippen LogP contribution in [0.5, 0.6) is 11.5 Å².